The lowest BCUT2D eigenvalue weighted by Crippen LogP contribution is -2.48. The number of piperidine rings is 1. The Kier molecular flexibility index (Phi) is 6.17. The van der Waals surface area contributed by atoms with Crippen LogP contribution in [0.2, 0.25) is 0 Å². The molecule has 0 bridgehead atoms. The topological polar surface area (TPSA) is 59.5 Å². The van der Waals surface area contributed by atoms with E-state index in [0.717, 1.165) is 31.2 Å². The number of pyridine rings is 1. The number of hydrogen-bond donors (Lipinski definition) is 0. The van der Waals surface area contributed by atoms with Crippen molar-refractivity contribution in [1.29, 1.82) is 0 Å². The molecule has 1 fully saturated rings. The van der Waals surface area contributed by atoms with Crippen molar-refractivity contribution in [3.05, 3.63) is 52.5 Å². The summed E-state index contributed by atoms with van der Waals surface area (Å²) in [7, 11) is 0. The zero-order chi connectivity index (χ0) is 17.5. The van der Waals surface area contributed by atoms with Crippen LogP contribution in [0.15, 0.2) is 42.0 Å². The summed E-state index contributed by atoms with van der Waals surface area (Å²) in [6, 6.07) is 7.11. The average molecular weight is 358 g/mol. The first-order chi connectivity index (χ1) is 12.3. The molecule has 5 nitrogen and oxygen atoms in total. The Hall–Kier alpha value is -2.21. The van der Waals surface area contributed by atoms with Crippen LogP contribution in [0.3, 0.4) is 0 Å². The van der Waals surface area contributed by atoms with Crippen molar-refractivity contribution >= 4 is 23.2 Å². The van der Waals surface area contributed by atoms with Gasteiger partial charge in [-0.05, 0) is 55.2 Å². The minimum Gasteiger partial charge on any atom is -0.464 e. The Morgan fingerprint density at radius 2 is 2.20 bits per heavy atom. The quantitative estimate of drug-likeness (QED) is 0.587. The molecule has 1 atom stereocenters. The molecular formula is C19H22N2O3S. The van der Waals surface area contributed by atoms with E-state index in [4.69, 9.17) is 4.74 Å². The van der Waals surface area contributed by atoms with Crippen LogP contribution < -0.4 is 0 Å². The first-order valence-corrected chi connectivity index (χ1v) is 9.53. The number of amides is 1. The van der Waals surface area contributed by atoms with Crippen molar-refractivity contribution in [1.82, 2.24) is 9.88 Å². The van der Waals surface area contributed by atoms with Gasteiger partial charge in [0, 0.05) is 18.9 Å². The summed E-state index contributed by atoms with van der Waals surface area (Å²) in [6.45, 7) is 0.984. The first-order valence-electron chi connectivity index (χ1n) is 8.66. The molecule has 0 aromatic carbocycles. The average Bonchev–Trinajstić information content (AvgIpc) is 3.20. The molecule has 3 rings (SSSR count). The number of hydrogen-bond acceptors (Lipinski definition) is 5. The van der Waals surface area contributed by atoms with Gasteiger partial charge in [-0.25, -0.2) is 4.79 Å². The third kappa shape index (κ3) is 4.66. The van der Waals surface area contributed by atoms with Gasteiger partial charge in [0.1, 0.15) is 6.04 Å². The number of esters is 1. The number of thiophene rings is 1. The molecule has 2 aromatic rings. The second kappa shape index (κ2) is 8.76. The summed E-state index contributed by atoms with van der Waals surface area (Å²) in [5.41, 5.74) is 1.13. The van der Waals surface area contributed by atoms with Crippen LogP contribution in [-0.4, -0.2) is 41.0 Å². The Morgan fingerprint density at radius 1 is 1.28 bits per heavy atom. The second-order valence-corrected chi connectivity index (χ2v) is 7.07. The fraction of sp³-hybridized carbons (Fsp3) is 0.421. The highest BCUT2D eigenvalue weighted by molar-refractivity contribution is 7.12. The van der Waals surface area contributed by atoms with Crippen LogP contribution in [0.25, 0.3) is 0 Å². The van der Waals surface area contributed by atoms with E-state index >= 15 is 0 Å². The van der Waals surface area contributed by atoms with E-state index in [0.29, 0.717) is 24.4 Å². The van der Waals surface area contributed by atoms with E-state index in [1.165, 1.54) is 11.3 Å². The van der Waals surface area contributed by atoms with E-state index < -0.39 is 6.04 Å². The molecule has 6 heteroatoms. The highest BCUT2D eigenvalue weighted by atomic mass is 32.1. The van der Waals surface area contributed by atoms with Crippen molar-refractivity contribution in [2.45, 2.75) is 38.1 Å². The van der Waals surface area contributed by atoms with Crippen molar-refractivity contribution in [2.75, 3.05) is 13.2 Å². The van der Waals surface area contributed by atoms with Gasteiger partial charge in [-0.15, -0.1) is 11.3 Å². The van der Waals surface area contributed by atoms with Crippen molar-refractivity contribution in [3.63, 3.8) is 0 Å². The number of aryl methyl sites for hydroxylation is 1. The van der Waals surface area contributed by atoms with Gasteiger partial charge in [0.25, 0.3) is 5.91 Å². The number of rotatable bonds is 6. The lowest BCUT2D eigenvalue weighted by atomic mass is 10.0. The molecule has 1 aliphatic rings. The summed E-state index contributed by atoms with van der Waals surface area (Å²) in [6.07, 6.45) is 7.70. The highest BCUT2D eigenvalue weighted by Gasteiger charge is 2.34. The fourth-order valence-electron chi connectivity index (χ4n) is 3.05. The van der Waals surface area contributed by atoms with E-state index in [2.05, 4.69) is 4.98 Å². The molecule has 0 saturated carbocycles. The van der Waals surface area contributed by atoms with Gasteiger partial charge in [-0.1, -0.05) is 12.1 Å². The van der Waals surface area contributed by atoms with Gasteiger partial charge in [0.05, 0.1) is 11.5 Å². The Balaban J connectivity index is 1.51. The van der Waals surface area contributed by atoms with E-state index in [9.17, 15) is 9.59 Å². The van der Waals surface area contributed by atoms with Crippen LogP contribution in [0, 0.1) is 0 Å². The third-order valence-electron chi connectivity index (χ3n) is 4.34. The highest BCUT2D eigenvalue weighted by Crippen LogP contribution is 2.22. The monoisotopic (exact) mass is 358 g/mol. The summed E-state index contributed by atoms with van der Waals surface area (Å²) >= 11 is 1.41. The second-order valence-electron chi connectivity index (χ2n) is 6.12. The molecule has 3 heterocycles. The molecular weight excluding hydrogens is 336 g/mol. The predicted octanol–water partition coefficient (Wildman–Crippen LogP) is 3.31. The summed E-state index contributed by atoms with van der Waals surface area (Å²) < 4.78 is 5.45. The molecule has 2 aromatic heterocycles. The number of carbonyl (C=O) groups excluding carboxylic acids is 2. The van der Waals surface area contributed by atoms with Gasteiger partial charge < -0.3 is 9.64 Å². The van der Waals surface area contributed by atoms with Gasteiger partial charge in [0.15, 0.2) is 0 Å². The molecule has 1 unspecified atom stereocenters. The van der Waals surface area contributed by atoms with E-state index in [1.54, 1.807) is 17.2 Å². The normalized spacial score (nSPS) is 17.3. The van der Waals surface area contributed by atoms with E-state index in [-0.39, 0.29) is 11.9 Å². The van der Waals surface area contributed by atoms with Crippen LogP contribution in [0.5, 0.6) is 0 Å². The lowest BCUT2D eigenvalue weighted by molar-refractivity contribution is -0.150. The maximum absolute atomic E-state index is 12.6. The number of carbonyl (C=O) groups is 2. The van der Waals surface area contributed by atoms with Crippen molar-refractivity contribution in [3.8, 4) is 0 Å². The van der Waals surface area contributed by atoms with Gasteiger partial charge >= 0.3 is 5.97 Å². The summed E-state index contributed by atoms with van der Waals surface area (Å²) in [5, 5.41) is 1.88. The van der Waals surface area contributed by atoms with E-state index in [1.807, 2.05) is 29.8 Å². The van der Waals surface area contributed by atoms with Crippen LogP contribution in [-0.2, 0) is 16.0 Å². The Morgan fingerprint density at radius 3 is 2.96 bits per heavy atom. The molecule has 0 aliphatic carbocycles. The number of aromatic nitrogens is 1. The van der Waals surface area contributed by atoms with Crippen LogP contribution in [0.1, 0.15) is 40.9 Å². The third-order valence-corrected chi connectivity index (χ3v) is 5.20. The van der Waals surface area contributed by atoms with Gasteiger partial charge in [-0.2, -0.15) is 0 Å². The first kappa shape index (κ1) is 17.6. The zero-order valence-electron chi connectivity index (χ0n) is 14.1. The minimum absolute atomic E-state index is 0.0630. The van der Waals surface area contributed by atoms with Crippen LogP contribution in [0.4, 0.5) is 0 Å². The maximum atomic E-state index is 12.6. The zero-order valence-corrected chi connectivity index (χ0v) is 14.9. The molecule has 0 N–H and O–H groups in total. The molecule has 25 heavy (non-hydrogen) atoms. The van der Waals surface area contributed by atoms with Crippen LogP contribution >= 0.6 is 11.3 Å². The summed E-state index contributed by atoms with van der Waals surface area (Å²) in [5.74, 6) is -0.345. The molecule has 1 saturated heterocycles. The Bertz CT molecular complexity index is 688. The number of likely N-dealkylation sites (tertiary alicyclic amines) is 1. The molecule has 132 valence electrons. The maximum Gasteiger partial charge on any atom is 0.328 e. The number of ether oxygens (including phenoxy) is 1. The van der Waals surface area contributed by atoms with Crippen molar-refractivity contribution < 1.29 is 14.3 Å². The molecule has 1 amide bonds. The smallest absolute Gasteiger partial charge is 0.328 e. The largest absolute Gasteiger partial charge is 0.464 e. The van der Waals surface area contributed by atoms with Gasteiger partial charge in [-0.3, -0.25) is 9.78 Å². The van der Waals surface area contributed by atoms with Crippen molar-refractivity contribution in [2.24, 2.45) is 0 Å². The molecule has 0 spiro atoms. The minimum atomic E-state index is -0.457. The number of nitrogens with zero attached hydrogens (tertiary/aromatic N) is 2. The fourth-order valence-corrected chi connectivity index (χ4v) is 3.73. The Labute approximate surface area is 151 Å². The lowest BCUT2D eigenvalue weighted by Gasteiger charge is -2.33. The summed E-state index contributed by atoms with van der Waals surface area (Å²) in [4.78, 5) is 31.5. The predicted molar refractivity (Wildman–Crippen MR) is 96.5 cm³/mol. The molecule has 1 aliphatic heterocycles. The molecule has 0 radical (unpaired) electrons. The standard InChI is InChI=1S/C19H22N2O3S/c22-18(17-9-5-13-25-17)21-11-2-1-8-16(21)19(23)24-12-4-7-15-6-3-10-20-14-15/h3,5-6,9-10,13-14,16H,1-2,4,7-8,11-12H2. The SMILES string of the molecule is O=C(OCCCc1cccnc1)C1CCCCN1C(=O)c1cccs1. The van der Waals surface area contributed by atoms with Gasteiger partial charge in [0.2, 0.25) is 0 Å².